The number of carbonyl (C=O) groups is 1. The molecule has 0 saturated heterocycles. The Morgan fingerprint density at radius 2 is 1.79 bits per heavy atom. The summed E-state index contributed by atoms with van der Waals surface area (Å²) >= 11 is 0. The molecule has 0 heterocycles. The van der Waals surface area contributed by atoms with Crippen LogP contribution in [-0.4, -0.2) is 51.8 Å². The molecule has 1 aromatic carbocycles. The van der Waals surface area contributed by atoms with E-state index in [9.17, 15) is 4.79 Å². The Labute approximate surface area is 192 Å². The lowest BCUT2D eigenvalue weighted by atomic mass is 9.92. The molecule has 0 saturated carbocycles. The van der Waals surface area contributed by atoms with Crippen LogP contribution in [0.25, 0.3) is 0 Å². The van der Waals surface area contributed by atoms with Crippen LogP contribution in [0.15, 0.2) is 29.3 Å². The highest BCUT2D eigenvalue weighted by Crippen LogP contribution is 2.14. The molecular weight excluding hydrogens is 483 g/mol. The minimum absolute atomic E-state index is 0. The Morgan fingerprint density at radius 1 is 1.10 bits per heavy atom. The van der Waals surface area contributed by atoms with Gasteiger partial charge in [-0.2, -0.15) is 0 Å². The van der Waals surface area contributed by atoms with Crippen molar-refractivity contribution in [2.24, 2.45) is 10.4 Å². The van der Waals surface area contributed by atoms with Crippen molar-refractivity contribution in [1.82, 2.24) is 16.0 Å². The fourth-order valence-corrected chi connectivity index (χ4v) is 2.39. The van der Waals surface area contributed by atoms with Crippen LogP contribution < -0.4 is 20.7 Å². The topological polar surface area (TPSA) is 84.0 Å². The molecule has 0 unspecified atom stereocenters. The van der Waals surface area contributed by atoms with Gasteiger partial charge < -0.3 is 25.4 Å². The average molecular weight is 520 g/mol. The van der Waals surface area contributed by atoms with Crippen LogP contribution in [0.2, 0.25) is 0 Å². The predicted octanol–water partition coefficient (Wildman–Crippen LogP) is 2.94. The molecule has 0 aliphatic heterocycles. The van der Waals surface area contributed by atoms with E-state index in [1.54, 1.807) is 7.11 Å². The predicted molar refractivity (Wildman–Crippen MR) is 129 cm³/mol. The number of methoxy groups -OCH3 is 1. The van der Waals surface area contributed by atoms with Gasteiger partial charge in [0.05, 0.1) is 19.1 Å². The van der Waals surface area contributed by atoms with Crippen LogP contribution in [-0.2, 0) is 16.1 Å². The van der Waals surface area contributed by atoms with Crippen molar-refractivity contribution in [2.75, 3.05) is 40.0 Å². The number of guanidine groups is 1. The summed E-state index contributed by atoms with van der Waals surface area (Å²) in [4.78, 5) is 16.9. The molecule has 0 atom stereocenters. The summed E-state index contributed by atoms with van der Waals surface area (Å²) in [7, 11) is 1.65. The van der Waals surface area contributed by atoms with Crippen LogP contribution in [0.3, 0.4) is 0 Å². The summed E-state index contributed by atoms with van der Waals surface area (Å²) in [5.74, 6) is 1.53. The first-order chi connectivity index (χ1) is 13.4. The van der Waals surface area contributed by atoms with Crippen molar-refractivity contribution < 1.29 is 14.3 Å². The molecule has 1 rings (SSSR count). The molecule has 0 bridgehead atoms. The summed E-state index contributed by atoms with van der Waals surface area (Å²) in [6.45, 7) is 11.6. The Hall–Kier alpha value is -1.55. The summed E-state index contributed by atoms with van der Waals surface area (Å²) < 4.78 is 10.6. The Balaban J connectivity index is 0.00000784. The SMILES string of the molecule is CCNC(=O)C(C)(C)CNC(=NCc1ccc(OC)cc1)NCCCOCC.I. The second kappa shape index (κ2) is 15.3. The van der Waals surface area contributed by atoms with Crippen molar-refractivity contribution in [3.63, 3.8) is 0 Å². The first-order valence-corrected chi connectivity index (χ1v) is 9.94. The van der Waals surface area contributed by atoms with Crippen LogP contribution >= 0.6 is 24.0 Å². The van der Waals surface area contributed by atoms with Gasteiger partial charge >= 0.3 is 0 Å². The molecule has 166 valence electrons. The van der Waals surface area contributed by atoms with Gasteiger partial charge in [-0.05, 0) is 51.8 Å². The highest BCUT2D eigenvalue weighted by molar-refractivity contribution is 14.0. The first kappa shape index (κ1) is 27.5. The zero-order valence-corrected chi connectivity index (χ0v) is 20.7. The Bertz CT molecular complexity index is 606. The zero-order valence-electron chi connectivity index (χ0n) is 18.3. The largest absolute Gasteiger partial charge is 0.497 e. The number of rotatable bonds is 12. The summed E-state index contributed by atoms with van der Waals surface area (Å²) in [6.07, 6.45) is 0.886. The highest BCUT2D eigenvalue weighted by Gasteiger charge is 2.27. The van der Waals surface area contributed by atoms with Gasteiger partial charge in [-0.25, -0.2) is 4.99 Å². The number of halogens is 1. The van der Waals surface area contributed by atoms with Gasteiger partial charge in [0.25, 0.3) is 0 Å². The number of nitrogens with one attached hydrogen (secondary N) is 3. The van der Waals surface area contributed by atoms with E-state index in [0.717, 1.165) is 30.9 Å². The van der Waals surface area contributed by atoms with Crippen molar-refractivity contribution in [2.45, 2.75) is 40.7 Å². The van der Waals surface area contributed by atoms with Crippen LogP contribution in [0.5, 0.6) is 5.75 Å². The van der Waals surface area contributed by atoms with E-state index < -0.39 is 5.41 Å². The number of amides is 1. The molecule has 0 aliphatic rings. The van der Waals surface area contributed by atoms with Gasteiger partial charge in [-0.3, -0.25) is 4.79 Å². The van der Waals surface area contributed by atoms with Gasteiger partial charge in [-0.15, -0.1) is 24.0 Å². The maximum Gasteiger partial charge on any atom is 0.227 e. The fraction of sp³-hybridized carbons (Fsp3) is 0.619. The monoisotopic (exact) mass is 520 g/mol. The molecule has 0 aliphatic carbocycles. The minimum atomic E-state index is -0.538. The van der Waals surface area contributed by atoms with Gasteiger partial charge in [0.15, 0.2) is 5.96 Å². The molecule has 0 spiro atoms. The number of aliphatic imine (C=N–C) groups is 1. The van der Waals surface area contributed by atoms with E-state index in [-0.39, 0.29) is 29.9 Å². The standard InChI is InChI=1S/C21H36N4O3.HI/c1-6-22-19(26)21(3,4)16-25-20(23-13-8-14-28-7-2)24-15-17-9-11-18(27-5)12-10-17;/h9-12H,6-8,13-16H2,1-5H3,(H,22,26)(H2,23,24,25);1H. The smallest absolute Gasteiger partial charge is 0.227 e. The van der Waals surface area contributed by atoms with Crippen molar-refractivity contribution in [3.05, 3.63) is 29.8 Å². The molecule has 0 radical (unpaired) electrons. The molecule has 8 heteroatoms. The lowest BCUT2D eigenvalue weighted by Gasteiger charge is -2.25. The number of ether oxygens (including phenoxy) is 2. The quantitative estimate of drug-likeness (QED) is 0.171. The van der Waals surface area contributed by atoms with Gasteiger partial charge in [-0.1, -0.05) is 12.1 Å². The van der Waals surface area contributed by atoms with Crippen LogP contribution in [0.1, 0.15) is 39.7 Å². The van der Waals surface area contributed by atoms with E-state index in [1.807, 2.05) is 52.0 Å². The molecule has 0 fully saturated rings. The first-order valence-electron chi connectivity index (χ1n) is 9.94. The van der Waals surface area contributed by atoms with Crippen LogP contribution in [0.4, 0.5) is 0 Å². The average Bonchev–Trinajstić information content (AvgIpc) is 2.69. The lowest BCUT2D eigenvalue weighted by molar-refractivity contribution is -0.128. The van der Waals surface area contributed by atoms with E-state index in [0.29, 0.717) is 32.2 Å². The second-order valence-electron chi connectivity index (χ2n) is 7.09. The molecule has 1 aromatic rings. The van der Waals surface area contributed by atoms with Crippen molar-refractivity contribution in [3.8, 4) is 5.75 Å². The fourth-order valence-electron chi connectivity index (χ4n) is 2.39. The lowest BCUT2D eigenvalue weighted by Crippen LogP contribution is -2.48. The van der Waals surface area contributed by atoms with Gasteiger partial charge in [0.2, 0.25) is 5.91 Å². The number of benzene rings is 1. The number of hydrogen-bond donors (Lipinski definition) is 3. The number of nitrogens with zero attached hydrogens (tertiary/aromatic N) is 1. The van der Waals surface area contributed by atoms with Gasteiger partial charge in [0, 0.05) is 32.8 Å². The zero-order chi connectivity index (χ0) is 20.8. The molecule has 3 N–H and O–H groups in total. The maximum atomic E-state index is 12.2. The van der Waals surface area contributed by atoms with Crippen LogP contribution in [0, 0.1) is 5.41 Å². The van der Waals surface area contributed by atoms with Crippen molar-refractivity contribution in [1.29, 1.82) is 0 Å². The third-order valence-corrected chi connectivity index (χ3v) is 4.19. The number of hydrogen-bond acceptors (Lipinski definition) is 4. The van der Waals surface area contributed by atoms with E-state index in [1.165, 1.54) is 0 Å². The van der Waals surface area contributed by atoms with E-state index >= 15 is 0 Å². The summed E-state index contributed by atoms with van der Waals surface area (Å²) in [5.41, 5.74) is 0.545. The van der Waals surface area contributed by atoms with Gasteiger partial charge in [0.1, 0.15) is 5.75 Å². The molecule has 29 heavy (non-hydrogen) atoms. The highest BCUT2D eigenvalue weighted by atomic mass is 127. The Kier molecular flexibility index (Phi) is 14.5. The normalized spacial score (nSPS) is 11.4. The van der Waals surface area contributed by atoms with E-state index in [2.05, 4.69) is 20.9 Å². The second-order valence-corrected chi connectivity index (χ2v) is 7.09. The third kappa shape index (κ3) is 11.3. The molecule has 1 amide bonds. The maximum absolute atomic E-state index is 12.2. The summed E-state index contributed by atoms with van der Waals surface area (Å²) in [5, 5.41) is 9.49. The third-order valence-electron chi connectivity index (χ3n) is 4.19. The van der Waals surface area contributed by atoms with Crippen molar-refractivity contribution >= 4 is 35.8 Å². The van der Waals surface area contributed by atoms with E-state index in [4.69, 9.17) is 9.47 Å². The minimum Gasteiger partial charge on any atom is -0.497 e. The molecule has 0 aromatic heterocycles. The Morgan fingerprint density at radius 3 is 2.38 bits per heavy atom. The molecule has 7 nitrogen and oxygen atoms in total. The number of carbonyl (C=O) groups excluding carboxylic acids is 1. The molecular formula is C21H37IN4O3. The summed E-state index contributed by atoms with van der Waals surface area (Å²) in [6, 6.07) is 7.83.